The molecule has 34 heavy (non-hydrogen) atoms. The second kappa shape index (κ2) is 11.5. The fraction of sp³-hybridized carbons (Fsp3) is 0.500. The molecule has 3 rings (SSSR count). The molecule has 0 radical (unpaired) electrons. The van der Waals surface area contributed by atoms with E-state index < -0.39 is 0 Å². The largest absolute Gasteiger partial charge is 0.444 e. The fourth-order valence-corrected chi connectivity index (χ4v) is 4.85. The fourth-order valence-electron chi connectivity index (χ4n) is 3.11. The minimum atomic E-state index is -0.0642. The van der Waals surface area contributed by atoms with Crippen LogP contribution in [-0.2, 0) is 28.9 Å². The number of aromatic nitrogens is 2. The maximum absolute atomic E-state index is 12.6. The van der Waals surface area contributed by atoms with Crippen LogP contribution in [0.5, 0.6) is 0 Å². The lowest BCUT2D eigenvalue weighted by atomic mass is 9.90. The lowest BCUT2D eigenvalue weighted by Crippen LogP contribution is -2.28. The summed E-state index contributed by atoms with van der Waals surface area (Å²) >= 11 is 3.07. The van der Waals surface area contributed by atoms with E-state index in [1.165, 1.54) is 16.9 Å². The molecular formula is C26H36N4O2S2. The Kier molecular flexibility index (Phi) is 8.95. The van der Waals surface area contributed by atoms with Crippen molar-refractivity contribution >= 4 is 34.1 Å². The van der Waals surface area contributed by atoms with Crippen molar-refractivity contribution in [3.63, 3.8) is 0 Å². The van der Waals surface area contributed by atoms with Gasteiger partial charge in [0.15, 0.2) is 5.13 Å². The first-order chi connectivity index (χ1) is 16.0. The number of hydrogen-bond donors (Lipinski definition) is 2. The Morgan fingerprint density at radius 3 is 2.59 bits per heavy atom. The molecule has 1 aromatic carbocycles. The van der Waals surface area contributed by atoms with Crippen LogP contribution in [0.4, 0.5) is 5.13 Å². The van der Waals surface area contributed by atoms with E-state index in [1.54, 1.807) is 24.2 Å². The Hall–Kier alpha value is -2.16. The van der Waals surface area contributed by atoms with Gasteiger partial charge in [0.1, 0.15) is 5.76 Å². The average Bonchev–Trinajstić information content (AvgIpc) is 3.42. The number of hydrogen-bond acceptors (Lipinski definition) is 7. The Morgan fingerprint density at radius 1 is 1.12 bits per heavy atom. The van der Waals surface area contributed by atoms with Gasteiger partial charge in [-0.2, -0.15) is 0 Å². The molecule has 6 nitrogen and oxygen atoms in total. The van der Waals surface area contributed by atoms with Crippen molar-refractivity contribution in [2.75, 3.05) is 11.9 Å². The standard InChI is InChI=1S/C26H36N4O2S2/c1-7-26(5,6)17-27-13-19-10-8-9-18(11-19)12-21(31)30-24-29-15-23(34-24)33-16-22-28-14-20(32-22)25(2,3)4/h8-11,14-15,27H,7,12-13,16-17H2,1-6H3,(H,29,30,31). The predicted molar refractivity (Wildman–Crippen MR) is 141 cm³/mol. The lowest BCUT2D eigenvalue weighted by molar-refractivity contribution is -0.115. The summed E-state index contributed by atoms with van der Waals surface area (Å²) in [6, 6.07) is 8.19. The number of nitrogens with zero attached hydrogens (tertiary/aromatic N) is 2. The molecule has 2 heterocycles. The van der Waals surface area contributed by atoms with Gasteiger partial charge in [0.05, 0.1) is 28.8 Å². The van der Waals surface area contributed by atoms with Crippen LogP contribution in [-0.4, -0.2) is 22.4 Å². The summed E-state index contributed by atoms with van der Waals surface area (Å²) in [5.74, 6) is 2.14. The molecule has 0 aliphatic carbocycles. The van der Waals surface area contributed by atoms with Crippen molar-refractivity contribution in [2.45, 2.75) is 76.3 Å². The summed E-state index contributed by atoms with van der Waals surface area (Å²) in [4.78, 5) is 21.3. The zero-order valence-corrected chi connectivity index (χ0v) is 22.7. The summed E-state index contributed by atoms with van der Waals surface area (Å²) in [5, 5.41) is 7.06. The van der Waals surface area contributed by atoms with E-state index in [1.807, 2.05) is 12.1 Å². The Morgan fingerprint density at radius 2 is 1.88 bits per heavy atom. The van der Waals surface area contributed by atoms with Crippen LogP contribution >= 0.6 is 23.1 Å². The molecule has 3 aromatic rings. The average molecular weight is 501 g/mol. The van der Waals surface area contributed by atoms with E-state index in [2.05, 4.69) is 74.3 Å². The summed E-state index contributed by atoms with van der Waals surface area (Å²) in [5.41, 5.74) is 2.41. The maximum atomic E-state index is 12.6. The van der Waals surface area contributed by atoms with Crippen molar-refractivity contribution in [1.29, 1.82) is 0 Å². The van der Waals surface area contributed by atoms with Gasteiger partial charge in [0.2, 0.25) is 11.8 Å². The van der Waals surface area contributed by atoms with Crippen LogP contribution < -0.4 is 10.6 Å². The molecule has 0 unspecified atom stereocenters. The molecule has 2 N–H and O–H groups in total. The molecule has 0 atom stereocenters. The number of thioether (sulfide) groups is 1. The van der Waals surface area contributed by atoms with Crippen LogP contribution in [0.2, 0.25) is 0 Å². The highest BCUT2D eigenvalue weighted by Crippen LogP contribution is 2.31. The molecule has 2 aromatic heterocycles. The van der Waals surface area contributed by atoms with Crippen molar-refractivity contribution in [3.05, 3.63) is 59.4 Å². The first-order valence-electron chi connectivity index (χ1n) is 11.7. The minimum Gasteiger partial charge on any atom is -0.444 e. The van der Waals surface area contributed by atoms with Gasteiger partial charge in [-0.3, -0.25) is 4.79 Å². The Labute approximate surface area is 211 Å². The number of nitrogens with one attached hydrogen (secondary N) is 2. The second-order valence-electron chi connectivity index (χ2n) is 10.3. The van der Waals surface area contributed by atoms with E-state index in [4.69, 9.17) is 4.42 Å². The molecule has 0 saturated heterocycles. The number of carbonyl (C=O) groups excluding carboxylic acids is 1. The highest BCUT2D eigenvalue weighted by molar-refractivity contribution is 8.00. The van der Waals surface area contributed by atoms with Gasteiger partial charge in [0, 0.05) is 18.5 Å². The van der Waals surface area contributed by atoms with Gasteiger partial charge in [-0.25, -0.2) is 9.97 Å². The number of rotatable bonds is 11. The number of amides is 1. The topological polar surface area (TPSA) is 80.0 Å². The molecule has 0 spiro atoms. The Bertz CT molecular complexity index is 1080. The third kappa shape index (κ3) is 8.25. The van der Waals surface area contributed by atoms with Gasteiger partial charge in [-0.1, -0.05) is 77.1 Å². The lowest BCUT2D eigenvalue weighted by Gasteiger charge is -2.23. The van der Waals surface area contributed by atoms with Crippen molar-refractivity contribution in [2.24, 2.45) is 5.41 Å². The van der Waals surface area contributed by atoms with Crippen LogP contribution in [0, 0.1) is 5.41 Å². The molecule has 184 valence electrons. The molecule has 0 fully saturated rings. The van der Waals surface area contributed by atoms with Crippen LogP contribution in [0.3, 0.4) is 0 Å². The summed E-state index contributed by atoms with van der Waals surface area (Å²) < 4.78 is 6.85. The number of anilines is 1. The van der Waals surface area contributed by atoms with Crippen LogP contribution in [0.1, 0.15) is 70.7 Å². The van der Waals surface area contributed by atoms with Gasteiger partial charge in [0.25, 0.3) is 0 Å². The van der Waals surface area contributed by atoms with E-state index >= 15 is 0 Å². The molecule has 8 heteroatoms. The van der Waals surface area contributed by atoms with Crippen molar-refractivity contribution in [3.8, 4) is 0 Å². The van der Waals surface area contributed by atoms with E-state index in [9.17, 15) is 4.79 Å². The summed E-state index contributed by atoms with van der Waals surface area (Å²) in [7, 11) is 0. The van der Waals surface area contributed by atoms with Crippen LogP contribution in [0.25, 0.3) is 0 Å². The van der Waals surface area contributed by atoms with E-state index in [0.717, 1.165) is 35.0 Å². The highest BCUT2D eigenvalue weighted by atomic mass is 32.2. The quantitative estimate of drug-likeness (QED) is 0.295. The predicted octanol–water partition coefficient (Wildman–Crippen LogP) is 6.43. The molecular weight excluding hydrogens is 464 g/mol. The van der Waals surface area contributed by atoms with Gasteiger partial charge in [-0.05, 0) is 23.0 Å². The van der Waals surface area contributed by atoms with E-state index in [-0.39, 0.29) is 16.7 Å². The monoisotopic (exact) mass is 500 g/mol. The normalized spacial score (nSPS) is 12.2. The summed E-state index contributed by atoms with van der Waals surface area (Å²) in [6.45, 7) is 14.8. The van der Waals surface area contributed by atoms with Crippen molar-refractivity contribution < 1.29 is 9.21 Å². The third-order valence-electron chi connectivity index (χ3n) is 5.61. The molecule has 0 saturated carbocycles. The second-order valence-corrected chi connectivity index (χ2v) is 12.6. The van der Waals surface area contributed by atoms with Crippen molar-refractivity contribution in [1.82, 2.24) is 15.3 Å². The molecule has 0 aliphatic heterocycles. The van der Waals surface area contributed by atoms with Gasteiger partial charge < -0.3 is 15.1 Å². The maximum Gasteiger partial charge on any atom is 0.230 e. The Balaban J connectivity index is 1.47. The minimum absolute atomic E-state index is 0.0557. The summed E-state index contributed by atoms with van der Waals surface area (Å²) in [6.07, 6.45) is 5.03. The van der Waals surface area contributed by atoms with E-state index in [0.29, 0.717) is 23.2 Å². The molecule has 0 aliphatic rings. The molecule has 0 bridgehead atoms. The number of oxazole rings is 1. The van der Waals surface area contributed by atoms with Gasteiger partial charge in [-0.15, -0.1) is 11.8 Å². The van der Waals surface area contributed by atoms with Crippen LogP contribution in [0.15, 0.2) is 45.3 Å². The first-order valence-corrected chi connectivity index (χ1v) is 13.5. The third-order valence-corrected chi connectivity index (χ3v) is 7.70. The molecule has 1 amide bonds. The first kappa shape index (κ1) is 26.4. The smallest absolute Gasteiger partial charge is 0.230 e. The number of carbonyl (C=O) groups is 1. The van der Waals surface area contributed by atoms with Gasteiger partial charge >= 0.3 is 0 Å². The number of thiazole rings is 1. The SMILES string of the molecule is CCC(C)(C)CNCc1cccc(CC(=O)Nc2ncc(SCc3ncc(C(C)(C)C)o3)s2)c1. The zero-order chi connectivity index (χ0) is 24.8. The highest BCUT2D eigenvalue weighted by Gasteiger charge is 2.19. The number of benzene rings is 1. The zero-order valence-electron chi connectivity index (χ0n) is 21.0.